The first-order valence-corrected chi connectivity index (χ1v) is 7.84. The summed E-state index contributed by atoms with van der Waals surface area (Å²) < 4.78 is 28.6. The van der Waals surface area contributed by atoms with Gasteiger partial charge in [0.1, 0.15) is 4.90 Å². The maximum atomic E-state index is 11.9. The smallest absolute Gasteiger partial charge is 0.244 e. The number of rotatable bonds is 4. The molecule has 2 heterocycles. The zero-order valence-electron chi connectivity index (χ0n) is 8.92. The van der Waals surface area contributed by atoms with Gasteiger partial charge in [0.05, 0.1) is 6.20 Å². The molecule has 5 nitrogen and oxygen atoms in total. The number of thiophene rings is 1. The van der Waals surface area contributed by atoms with Crippen LogP contribution in [0.4, 0.5) is 0 Å². The van der Waals surface area contributed by atoms with Crippen LogP contribution in [0, 0.1) is 0 Å². The van der Waals surface area contributed by atoms with Gasteiger partial charge in [-0.15, -0.1) is 11.3 Å². The molecule has 0 saturated heterocycles. The van der Waals surface area contributed by atoms with Crippen LogP contribution in [0.1, 0.15) is 4.88 Å². The molecule has 0 saturated carbocycles. The average molecular weight is 336 g/mol. The zero-order valence-corrected chi connectivity index (χ0v) is 12.1. The van der Waals surface area contributed by atoms with Crippen molar-refractivity contribution >= 4 is 37.3 Å². The first-order chi connectivity index (χ1) is 7.97. The Labute approximate surface area is 112 Å². The number of aryl methyl sites for hydroxylation is 1. The van der Waals surface area contributed by atoms with Gasteiger partial charge in [-0.25, -0.2) is 13.1 Å². The molecule has 8 heteroatoms. The summed E-state index contributed by atoms with van der Waals surface area (Å²) in [4.78, 5) is 1.12. The molecule has 0 unspecified atom stereocenters. The van der Waals surface area contributed by atoms with Crippen molar-refractivity contribution in [1.82, 2.24) is 14.5 Å². The lowest BCUT2D eigenvalue weighted by molar-refractivity contribution is 0.581. The van der Waals surface area contributed by atoms with Gasteiger partial charge in [-0.2, -0.15) is 5.10 Å². The first kappa shape index (κ1) is 12.7. The van der Waals surface area contributed by atoms with Crippen molar-refractivity contribution < 1.29 is 8.42 Å². The summed E-state index contributed by atoms with van der Waals surface area (Å²) in [5, 5.41) is 5.75. The number of nitrogens with one attached hydrogen (secondary N) is 1. The number of aromatic nitrogens is 2. The Balaban J connectivity index is 2.08. The Morgan fingerprint density at radius 2 is 2.35 bits per heavy atom. The molecular formula is C9H10BrN3O2S2. The van der Waals surface area contributed by atoms with Crippen LogP contribution in [0.3, 0.4) is 0 Å². The molecule has 0 amide bonds. The third-order valence-corrected chi connectivity index (χ3v) is 5.10. The number of hydrogen-bond donors (Lipinski definition) is 1. The van der Waals surface area contributed by atoms with E-state index >= 15 is 0 Å². The highest BCUT2D eigenvalue weighted by Gasteiger charge is 2.15. The van der Waals surface area contributed by atoms with Crippen LogP contribution < -0.4 is 4.72 Å². The predicted molar refractivity (Wildman–Crippen MR) is 69.3 cm³/mol. The number of halogens is 1. The average Bonchev–Trinajstić information content (AvgIpc) is 2.85. The Hall–Kier alpha value is -0.700. The Morgan fingerprint density at radius 1 is 1.59 bits per heavy atom. The molecular weight excluding hydrogens is 326 g/mol. The highest BCUT2D eigenvalue weighted by atomic mass is 79.9. The van der Waals surface area contributed by atoms with Crippen LogP contribution in [0.25, 0.3) is 0 Å². The van der Waals surface area contributed by atoms with Gasteiger partial charge in [0.15, 0.2) is 0 Å². The van der Waals surface area contributed by atoms with Crippen molar-refractivity contribution in [2.45, 2.75) is 11.4 Å². The van der Waals surface area contributed by atoms with Crippen LogP contribution in [-0.4, -0.2) is 18.2 Å². The van der Waals surface area contributed by atoms with E-state index in [1.54, 1.807) is 7.05 Å². The molecule has 0 atom stereocenters. The highest BCUT2D eigenvalue weighted by Crippen LogP contribution is 2.20. The SMILES string of the molecule is Cn1cc(S(=O)(=O)NCc2cc(Br)cs2)cn1. The monoisotopic (exact) mass is 335 g/mol. The topological polar surface area (TPSA) is 64.0 Å². The minimum Gasteiger partial charge on any atom is -0.274 e. The van der Waals surface area contributed by atoms with E-state index in [9.17, 15) is 8.42 Å². The van der Waals surface area contributed by atoms with E-state index in [4.69, 9.17) is 0 Å². The van der Waals surface area contributed by atoms with Gasteiger partial charge in [-0.3, -0.25) is 4.68 Å². The first-order valence-electron chi connectivity index (χ1n) is 4.68. The molecule has 0 radical (unpaired) electrons. The molecule has 2 aromatic heterocycles. The third-order valence-electron chi connectivity index (χ3n) is 2.05. The summed E-state index contributed by atoms with van der Waals surface area (Å²) in [5.74, 6) is 0. The lowest BCUT2D eigenvalue weighted by Crippen LogP contribution is -2.22. The molecule has 0 aliphatic heterocycles. The maximum absolute atomic E-state index is 11.9. The highest BCUT2D eigenvalue weighted by molar-refractivity contribution is 9.10. The number of sulfonamides is 1. The van der Waals surface area contributed by atoms with Gasteiger partial charge >= 0.3 is 0 Å². The fourth-order valence-corrected chi connectivity index (χ4v) is 3.71. The fraction of sp³-hybridized carbons (Fsp3) is 0.222. The molecule has 0 bridgehead atoms. The van der Waals surface area contributed by atoms with E-state index in [1.165, 1.54) is 28.4 Å². The lowest BCUT2D eigenvalue weighted by atomic mass is 10.5. The maximum Gasteiger partial charge on any atom is 0.244 e. The Kier molecular flexibility index (Phi) is 3.67. The van der Waals surface area contributed by atoms with Gasteiger partial charge < -0.3 is 0 Å². The van der Waals surface area contributed by atoms with Crippen LogP contribution in [0.5, 0.6) is 0 Å². The molecule has 92 valence electrons. The van der Waals surface area contributed by atoms with E-state index in [0.717, 1.165) is 9.35 Å². The largest absolute Gasteiger partial charge is 0.274 e. The van der Waals surface area contributed by atoms with Gasteiger partial charge in [0.2, 0.25) is 10.0 Å². The second-order valence-corrected chi connectivity index (χ2v) is 7.08. The quantitative estimate of drug-likeness (QED) is 0.925. The molecule has 2 rings (SSSR count). The van der Waals surface area contributed by atoms with E-state index < -0.39 is 10.0 Å². The fourth-order valence-electron chi connectivity index (χ4n) is 1.23. The van der Waals surface area contributed by atoms with Gasteiger partial charge in [-0.1, -0.05) is 0 Å². The third kappa shape index (κ3) is 3.15. The number of nitrogens with zero attached hydrogens (tertiary/aromatic N) is 2. The normalized spacial score (nSPS) is 11.9. The summed E-state index contributed by atoms with van der Waals surface area (Å²) in [6, 6.07) is 1.89. The van der Waals surface area contributed by atoms with Crippen molar-refractivity contribution in [3.05, 3.63) is 33.2 Å². The summed E-state index contributed by atoms with van der Waals surface area (Å²) in [5.41, 5.74) is 0. The molecule has 0 spiro atoms. The molecule has 0 aliphatic rings. The van der Waals surface area contributed by atoms with Crippen LogP contribution in [-0.2, 0) is 23.6 Å². The second-order valence-electron chi connectivity index (χ2n) is 3.41. The zero-order chi connectivity index (χ0) is 12.5. The van der Waals surface area contributed by atoms with Gasteiger partial charge in [0, 0.05) is 34.5 Å². The minimum absolute atomic E-state index is 0.177. The Bertz CT molecular complexity index is 618. The van der Waals surface area contributed by atoms with E-state index in [2.05, 4.69) is 25.8 Å². The molecule has 2 aromatic rings. The van der Waals surface area contributed by atoms with E-state index in [1.807, 2.05) is 11.4 Å². The van der Waals surface area contributed by atoms with Crippen molar-refractivity contribution in [2.75, 3.05) is 0 Å². The van der Waals surface area contributed by atoms with Crippen LogP contribution in [0.15, 0.2) is 33.2 Å². The predicted octanol–water partition coefficient (Wildman–Crippen LogP) is 1.72. The molecule has 0 aliphatic carbocycles. The lowest BCUT2D eigenvalue weighted by Gasteiger charge is -2.02. The Morgan fingerprint density at radius 3 is 2.88 bits per heavy atom. The van der Waals surface area contributed by atoms with Crippen molar-refractivity contribution in [3.63, 3.8) is 0 Å². The standard InChI is InChI=1S/C9H10BrN3O2S2/c1-13-5-9(4-11-13)17(14,15)12-3-8-2-7(10)6-16-8/h2,4-6,12H,3H2,1H3. The number of hydrogen-bond acceptors (Lipinski definition) is 4. The summed E-state index contributed by atoms with van der Waals surface area (Å²) in [6.45, 7) is 0.285. The molecule has 17 heavy (non-hydrogen) atoms. The van der Waals surface area contributed by atoms with Crippen molar-refractivity contribution in [1.29, 1.82) is 0 Å². The van der Waals surface area contributed by atoms with Gasteiger partial charge in [-0.05, 0) is 22.0 Å². The molecule has 1 N–H and O–H groups in total. The minimum atomic E-state index is -3.47. The summed E-state index contributed by atoms with van der Waals surface area (Å²) in [6.07, 6.45) is 2.79. The van der Waals surface area contributed by atoms with Gasteiger partial charge in [0.25, 0.3) is 0 Å². The summed E-state index contributed by atoms with van der Waals surface area (Å²) >= 11 is 4.82. The van der Waals surface area contributed by atoms with Crippen LogP contribution in [0.2, 0.25) is 0 Å². The van der Waals surface area contributed by atoms with E-state index in [-0.39, 0.29) is 11.4 Å². The second kappa shape index (κ2) is 4.89. The summed E-state index contributed by atoms with van der Waals surface area (Å²) in [7, 11) is -1.79. The van der Waals surface area contributed by atoms with Crippen molar-refractivity contribution in [2.24, 2.45) is 7.05 Å². The van der Waals surface area contributed by atoms with E-state index in [0.29, 0.717) is 0 Å². The molecule has 0 fully saturated rings. The van der Waals surface area contributed by atoms with Crippen molar-refractivity contribution in [3.8, 4) is 0 Å². The van der Waals surface area contributed by atoms with Crippen LogP contribution >= 0.6 is 27.3 Å². The molecule has 0 aromatic carbocycles.